The molecule has 2 N–H and O–H groups in total. The number of carbonyl (C=O) groups is 2. The van der Waals surface area contributed by atoms with Crippen molar-refractivity contribution in [3.63, 3.8) is 0 Å². The molecule has 1 aliphatic heterocycles. The third-order valence-corrected chi connectivity index (χ3v) is 3.60. The van der Waals surface area contributed by atoms with E-state index in [4.69, 9.17) is 5.11 Å². The van der Waals surface area contributed by atoms with Gasteiger partial charge in [-0.15, -0.1) is 0 Å². The summed E-state index contributed by atoms with van der Waals surface area (Å²) in [6.07, 6.45) is 2.53. The van der Waals surface area contributed by atoms with Crippen molar-refractivity contribution < 1.29 is 14.7 Å². The average Bonchev–Trinajstić information content (AvgIpc) is 2.86. The van der Waals surface area contributed by atoms with E-state index in [0.717, 1.165) is 19.6 Å². The van der Waals surface area contributed by atoms with Crippen LogP contribution in [0.3, 0.4) is 0 Å². The predicted molar refractivity (Wildman–Crippen MR) is 73.9 cm³/mol. The molecule has 1 saturated heterocycles. The number of nitrogens with one attached hydrogen (secondary N) is 1. The molecule has 0 bridgehead atoms. The number of aliphatic carboxylic acids is 1. The Labute approximate surface area is 114 Å². The maximum absolute atomic E-state index is 11.8. The molecule has 1 rings (SSSR count). The molecule has 1 fully saturated rings. The van der Waals surface area contributed by atoms with Crippen LogP contribution in [0.4, 0.5) is 0 Å². The van der Waals surface area contributed by atoms with Gasteiger partial charge in [-0.2, -0.15) is 0 Å². The van der Waals surface area contributed by atoms with Gasteiger partial charge in [-0.3, -0.25) is 4.79 Å². The topological polar surface area (TPSA) is 69.6 Å². The lowest BCUT2D eigenvalue weighted by atomic mass is 10.1. The van der Waals surface area contributed by atoms with Gasteiger partial charge < -0.3 is 15.3 Å². The first kappa shape index (κ1) is 15.7. The molecule has 0 saturated carbocycles. The summed E-state index contributed by atoms with van der Waals surface area (Å²) in [5.74, 6) is -0.953. The SMILES string of the molecule is CC(C(=O)O)=C(C)C(=O)NCC(C)CN1CCCC1. The number of rotatable bonds is 6. The fourth-order valence-electron chi connectivity index (χ4n) is 2.20. The Bertz CT molecular complexity index is 371. The van der Waals surface area contributed by atoms with Crippen molar-refractivity contribution in [3.8, 4) is 0 Å². The van der Waals surface area contributed by atoms with E-state index in [1.54, 1.807) is 6.92 Å². The van der Waals surface area contributed by atoms with Crippen molar-refractivity contribution >= 4 is 11.9 Å². The zero-order valence-corrected chi connectivity index (χ0v) is 12.0. The maximum atomic E-state index is 11.8. The van der Waals surface area contributed by atoms with E-state index in [2.05, 4.69) is 17.1 Å². The van der Waals surface area contributed by atoms with Crippen molar-refractivity contribution in [1.29, 1.82) is 0 Å². The van der Waals surface area contributed by atoms with Crippen molar-refractivity contribution in [1.82, 2.24) is 10.2 Å². The first-order valence-electron chi connectivity index (χ1n) is 6.83. The van der Waals surface area contributed by atoms with Crippen molar-refractivity contribution in [2.24, 2.45) is 5.92 Å². The average molecular weight is 268 g/mol. The molecule has 1 amide bonds. The largest absolute Gasteiger partial charge is 0.478 e. The molecule has 1 unspecified atom stereocenters. The van der Waals surface area contributed by atoms with E-state index in [1.807, 2.05) is 0 Å². The van der Waals surface area contributed by atoms with Crippen LogP contribution in [-0.2, 0) is 9.59 Å². The molecule has 0 spiro atoms. The monoisotopic (exact) mass is 268 g/mol. The predicted octanol–water partition coefficient (Wildman–Crippen LogP) is 1.26. The number of carboxylic acids is 1. The minimum atomic E-state index is -1.04. The fraction of sp³-hybridized carbons (Fsp3) is 0.714. The lowest BCUT2D eigenvalue weighted by Gasteiger charge is -2.20. The fourth-order valence-corrected chi connectivity index (χ4v) is 2.20. The van der Waals surface area contributed by atoms with Gasteiger partial charge in [-0.1, -0.05) is 6.92 Å². The molecule has 5 nitrogen and oxygen atoms in total. The number of hydrogen-bond acceptors (Lipinski definition) is 3. The molecule has 19 heavy (non-hydrogen) atoms. The highest BCUT2D eigenvalue weighted by Crippen LogP contribution is 2.10. The Kier molecular flexibility index (Phi) is 6.02. The third kappa shape index (κ3) is 5.03. The van der Waals surface area contributed by atoms with Gasteiger partial charge in [0.1, 0.15) is 0 Å². The van der Waals surface area contributed by atoms with Gasteiger partial charge in [0.25, 0.3) is 0 Å². The second-order valence-corrected chi connectivity index (χ2v) is 5.38. The Morgan fingerprint density at radius 1 is 1.21 bits per heavy atom. The number of nitrogens with zero attached hydrogens (tertiary/aromatic N) is 1. The Hall–Kier alpha value is -1.36. The second kappa shape index (κ2) is 7.28. The van der Waals surface area contributed by atoms with E-state index in [9.17, 15) is 9.59 Å². The van der Waals surface area contributed by atoms with Crippen LogP contribution in [0.2, 0.25) is 0 Å². The molecule has 0 radical (unpaired) electrons. The highest BCUT2D eigenvalue weighted by atomic mass is 16.4. The van der Waals surface area contributed by atoms with E-state index in [1.165, 1.54) is 19.8 Å². The summed E-state index contributed by atoms with van der Waals surface area (Å²) in [7, 11) is 0. The number of likely N-dealkylation sites (tertiary alicyclic amines) is 1. The van der Waals surface area contributed by atoms with Crippen LogP contribution in [0, 0.1) is 5.92 Å². The van der Waals surface area contributed by atoms with Gasteiger partial charge in [-0.05, 0) is 45.7 Å². The van der Waals surface area contributed by atoms with Crippen molar-refractivity contribution in [2.75, 3.05) is 26.2 Å². The highest BCUT2D eigenvalue weighted by Gasteiger charge is 2.16. The first-order valence-corrected chi connectivity index (χ1v) is 6.83. The molecule has 1 heterocycles. The van der Waals surface area contributed by atoms with Crippen LogP contribution in [0.15, 0.2) is 11.1 Å². The molecule has 108 valence electrons. The van der Waals surface area contributed by atoms with Gasteiger partial charge in [0.05, 0.1) is 0 Å². The molecular formula is C14H24N2O3. The molecule has 0 aromatic rings. The molecule has 1 atom stereocenters. The summed E-state index contributed by atoms with van der Waals surface area (Å²) in [5, 5.41) is 11.6. The lowest BCUT2D eigenvalue weighted by Crippen LogP contribution is -2.35. The van der Waals surface area contributed by atoms with Crippen LogP contribution >= 0.6 is 0 Å². The Balaban J connectivity index is 2.36. The number of amides is 1. The van der Waals surface area contributed by atoms with Crippen LogP contribution in [0.5, 0.6) is 0 Å². The van der Waals surface area contributed by atoms with Gasteiger partial charge in [0, 0.05) is 24.2 Å². The van der Waals surface area contributed by atoms with Crippen LogP contribution < -0.4 is 5.32 Å². The molecule has 1 aliphatic rings. The normalized spacial score (nSPS) is 18.9. The quantitative estimate of drug-likeness (QED) is 0.711. The third-order valence-electron chi connectivity index (χ3n) is 3.60. The van der Waals surface area contributed by atoms with Gasteiger partial charge in [-0.25, -0.2) is 4.79 Å². The van der Waals surface area contributed by atoms with Crippen molar-refractivity contribution in [3.05, 3.63) is 11.1 Å². The summed E-state index contributed by atoms with van der Waals surface area (Å²) < 4.78 is 0. The summed E-state index contributed by atoms with van der Waals surface area (Å²) >= 11 is 0. The van der Waals surface area contributed by atoms with Crippen LogP contribution in [0.25, 0.3) is 0 Å². The summed E-state index contributed by atoms with van der Waals surface area (Å²) in [6, 6.07) is 0. The molecule has 0 aromatic carbocycles. The van der Waals surface area contributed by atoms with Crippen LogP contribution in [-0.4, -0.2) is 48.1 Å². The number of carboxylic acid groups (broad SMARTS) is 1. The molecule has 0 aliphatic carbocycles. The lowest BCUT2D eigenvalue weighted by molar-refractivity contribution is -0.133. The van der Waals surface area contributed by atoms with E-state index >= 15 is 0 Å². The second-order valence-electron chi connectivity index (χ2n) is 5.38. The highest BCUT2D eigenvalue weighted by molar-refractivity contribution is 6.01. The van der Waals surface area contributed by atoms with E-state index in [0.29, 0.717) is 12.5 Å². The Morgan fingerprint density at radius 3 is 2.32 bits per heavy atom. The van der Waals surface area contributed by atoms with Crippen molar-refractivity contribution in [2.45, 2.75) is 33.6 Å². The molecule has 5 heteroatoms. The van der Waals surface area contributed by atoms with E-state index in [-0.39, 0.29) is 17.1 Å². The zero-order chi connectivity index (χ0) is 14.4. The standard InChI is InChI=1S/C14H24N2O3/c1-10(9-16-6-4-5-7-16)8-15-13(17)11(2)12(3)14(18)19/h10H,4-9H2,1-3H3,(H,15,17)(H,18,19). The first-order chi connectivity index (χ1) is 8.91. The van der Waals surface area contributed by atoms with Gasteiger partial charge >= 0.3 is 5.97 Å². The number of hydrogen-bond donors (Lipinski definition) is 2. The summed E-state index contributed by atoms with van der Waals surface area (Å²) in [6.45, 7) is 8.96. The zero-order valence-electron chi connectivity index (χ0n) is 12.0. The van der Waals surface area contributed by atoms with Crippen LogP contribution in [0.1, 0.15) is 33.6 Å². The molecule has 0 aromatic heterocycles. The smallest absolute Gasteiger partial charge is 0.331 e. The minimum Gasteiger partial charge on any atom is -0.478 e. The summed E-state index contributed by atoms with van der Waals surface area (Å²) in [4.78, 5) is 25.0. The number of carbonyl (C=O) groups excluding carboxylic acids is 1. The van der Waals surface area contributed by atoms with Gasteiger partial charge in [0.15, 0.2) is 0 Å². The maximum Gasteiger partial charge on any atom is 0.331 e. The Morgan fingerprint density at radius 2 is 1.79 bits per heavy atom. The molecular weight excluding hydrogens is 244 g/mol. The van der Waals surface area contributed by atoms with Gasteiger partial charge in [0.2, 0.25) is 5.91 Å². The van der Waals surface area contributed by atoms with E-state index < -0.39 is 5.97 Å². The minimum absolute atomic E-state index is 0.102. The summed E-state index contributed by atoms with van der Waals surface area (Å²) in [5.41, 5.74) is 0.380.